The average molecular weight is 352 g/mol. The van der Waals surface area contributed by atoms with Gasteiger partial charge in [-0.3, -0.25) is 4.79 Å². The molecule has 2 aromatic carbocycles. The molecule has 0 bridgehead atoms. The molecule has 1 amide bonds. The van der Waals surface area contributed by atoms with E-state index in [9.17, 15) is 14.9 Å². The Balaban J connectivity index is 2.23. The summed E-state index contributed by atoms with van der Waals surface area (Å²) in [5.74, 6) is -0.900. The van der Waals surface area contributed by atoms with Crippen LogP contribution >= 0.6 is 0 Å². The second-order valence-corrected chi connectivity index (χ2v) is 5.08. The predicted molar refractivity (Wildman–Crippen MR) is 94.8 cm³/mol. The molecule has 132 valence electrons. The first-order chi connectivity index (χ1) is 12.5. The number of carboxylic acid groups (broad SMARTS) is 1. The SMILES string of the molecule is COc1cccc(NC(=O)/C(C#N)=C\c2ccccc2OCC(=O)O)c1. The van der Waals surface area contributed by atoms with Crippen LogP contribution in [-0.4, -0.2) is 30.7 Å². The van der Waals surface area contributed by atoms with Crippen LogP contribution in [0.25, 0.3) is 6.08 Å². The molecule has 0 aliphatic heterocycles. The summed E-state index contributed by atoms with van der Waals surface area (Å²) < 4.78 is 10.3. The van der Waals surface area contributed by atoms with Crippen molar-refractivity contribution in [1.82, 2.24) is 0 Å². The van der Waals surface area contributed by atoms with Crippen LogP contribution in [0.15, 0.2) is 54.1 Å². The number of nitriles is 1. The molecule has 0 atom stereocenters. The van der Waals surface area contributed by atoms with Crippen molar-refractivity contribution >= 4 is 23.6 Å². The van der Waals surface area contributed by atoms with E-state index in [1.54, 1.807) is 48.5 Å². The molecule has 2 N–H and O–H groups in total. The number of rotatable bonds is 7. The molecule has 7 heteroatoms. The van der Waals surface area contributed by atoms with Gasteiger partial charge in [-0.25, -0.2) is 4.79 Å². The van der Waals surface area contributed by atoms with Crippen molar-refractivity contribution < 1.29 is 24.2 Å². The number of hydrogen-bond donors (Lipinski definition) is 2. The Morgan fingerprint density at radius 3 is 2.69 bits per heavy atom. The number of carbonyl (C=O) groups excluding carboxylic acids is 1. The van der Waals surface area contributed by atoms with E-state index < -0.39 is 18.5 Å². The van der Waals surface area contributed by atoms with Gasteiger partial charge >= 0.3 is 5.97 Å². The van der Waals surface area contributed by atoms with Crippen LogP contribution in [0.1, 0.15) is 5.56 Å². The summed E-state index contributed by atoms with van der Waals surface area (Å²) in [5, 5.41) is 20.6. The maximum Gasteiger partial charge on any atom is 0.341 e. The molecule has 2 aromatic rings. The van der Waals surface area contributed by atoms with Gasteiger partial charge in [0.25, 0.3) is 5.91 Å². The molecule has 2 rings (SSSR count). The van der Waals surface area contributed by atoms with Gasteiger partial charge in [-0.1, -0.05) is 24.3 Å². The molecule has 0 saturated carbocycles. The van der Waals surface area contributed by atoms with Crippen molar-refractivity contribution in [2.75, 3.05) is 19.0 Å². The third kappa shape index (κ3) is 5.11. The van der Waals surface area contributed by atoms with Gasteiger partial charge in [0.05, 0.1) is 7.11 Å². The normalized spacial score (nSPS) is 10.5. The third-order valence-electron chi connectivity index (χ3n) is 3.26. The molecule has 0 aliphatic rings. The lowest BCUT2D eigenvalue weighted by Crippen LogP contribution is -2.14. The Hall–Kier alpha value is -3.79. The number of nitrogens with one attached hydrogen (secondary N) is 1. The number of anilines is 1. The molecule has 7 nitrogen and oxygen atoms in total. The first-order valence-electron chi connectivity index (χ1n) is 7.54. The molecule has 0 aliphatic carbocycles. The van der Waals surface area contributed by atoms with Crippen LogP contribution in [0.2, 0.25) is 0 Å². The number of amides is 1. The number of benzene rings is 2. The smallest absolute Gasteiger partial charge is 0.341 e. The monoisotopic (exact) mass is 352 g/mol. The zero-order valence-corrected chi connectivity index (χ0v) is 13.9. The largest absolute Gasteiger partial charge is 0.497 e. The van der Waals surface area contributed by atoms with Crippen molar-refractivity contribution in [2.24, 2.45) is 0 Å². The maximum atomic E-state index is 12.3. The topological polar surface area (TPSA) is 109 Å². The Morgan fingerprint density at radius 1 is 1.23 bits per heavy atom. The molecule has 0 heterocycles. The first kappa shape index (κ1) is 18.5. The molecule has 0 aromatic heterocycles. The summed E-state index contributed by atoms with van der Waals surface area (Å²) in [7, 11) is 1.51. The van der Waals surface area contributed by atoms with E-state index >= 15 is 0 Å². The van der Waals surface area contributed by atoms with Crippen LogP contribution in [0.5, 0.6) is 11.5 Å². The Kier molecular flexibility index (Phi) is 6.34. The fourth-order valence-electron chi connectivity index (χ4n) is 2.07. The lowest BCUT2D eigenvalue weighted by atomic mass is 10.1. The Morgan fingerprint density at radius 2 is 2.00 bits per heavy atom. The minimum absolute atomic E-state index is 0.154. The van der Waals surface area contributed by atoms with Crippen molar-refractivity contribution in [1.29, 1.82) is 5.26 Å². The van der Waals surface area contributed by atoms with Crippen LogP contribution in [0, 0.1) is 11.3 Å². The number of carboxylic acids is 1. The lowest BCUT2D eigenvalue weighted by molar-refractivity contribution is -0.139. The molecule has 0 saturated heterocycles. The molecular formula is C19H16N2O5. The number of methoxy groups -OCH3 is 1. The van der Waals surface area contributed by atoms with Crippen LogP contribution in [-0.2, 0) is 9.59 Å². The van der Waals surface area contributed by atoms with E-state index in [0.29, 0.717) is 17.0 Å². The van der Waals surface area contributed by atoms with Crippen LogP contribution in [0.4, 0.5) is 5.69 Å². The van der Waals surface area contributed by atoms with Crippen molar-refractivity contribution in [3.05, 3.63) is 59.7 Å². The molecule has 0 unspecified atom stereocenters. The van der Waals surface area contributed by atoms with Gasteiger partial charge in [-0.15, -0.1) is 0 Å². The van der Waals surface area contributed by atoms with E-state index in [-0.39, 0.29) is 11.3 Å². The van der Waals surface area contributed by atoms with E-state index in [1.807, 2.05) is 6.07 Å². The third-order valence-corrected chi connectivity index (χ3v) is 3.26. The Bertz CT molecular complexity index is 883. The van der Waals surface area contributed by atoms with Gasteiger partial charge in [0.15, 0.2) is 6.61 Å². The van der Waals surface area contributed by atoms with Gasteiger partial charge in [0.1, 0.15) is 23.1 Å². The quantitative estimate of drug-likeness (QED) is 0.586. The zero-order valence-electron chi connectivity index (χ0n) is 13.9. The number of para-hydroxylation sites is 1. The highest BCUT2D eigenvalue weighted by Gasteiger charge is 2.12. The first-order valence-corrected chi connectivity index (χ1v) is 7.54. The standard InChI is InChI=1S/C19H16N2O5/c1-25-16-7-4-6-15(10-16)21-19(24)14(11-20)9-13-5-2-3-8-17(13)26-12-18(22)23/h2-10H,12H2,1H3,(H,21,24)(H,22,23)/b14-9-. The van der Waals surface area contributed by atoms with Crippen LogP contribution in [0.3, 0.4) is 0 Å². The zero-order chi connectivity index (χ0) is 18.9. The molecule has 0 radical (unpaired) electrons. The molecular weight excluding hydrogens is 336 g/mol. The summed E-state index contributed by atoms with van der Waals surface area (Å²) in [5.41, 5.74) is 0.746. The van der Waals surface area contributed by atoms with E-state index in [4.69, 9.17) is 14.6 Å². The van der Waals surface area contributed by atoms with Crippen molar-refractivity contribution in [3.63, 3.8) is 0 Å². The molecule has 0 fully saturated rings. The summed E-state index contributed by atoms with van der Waals surface area (Å²) >= 11 is 0. The highest BCUT2D eigenvalue weighted by Crippen LogP contribution is 2.22. The minimum Gasteiger partial charge on any atom is -0.497 e. The highest BCUT2D eigenvalue weighted by atomic mass is 16.5. The lowest BCUT2D eigenvalue weighted by Gasteiger charge is -2.08. The predicted octanol–water partition coefficient (Wildman–Crippen LogP) is 2.70. The molecule has 0 spiro atoms. The number of aliphatic carboxylic acids is 1. The summed E-state index contributed by atoms with van der Waals surface area (Å²) in [6.45, 7) is -0.525. The fraction of sp³-hybridized carbons (Fsp3) is 0.105. The number of nitrogens with zero attached hydrogens (tertiary/aromatic N) is 1. The van der Waals surface area contributed by atoms with E-state index in [2.05, 4.69) is 5.32 Å². The Labute approximate surface area is 150 Å². The number of hydrogen-bond acceptors (Lipinski definition) is 5. The summed E-state index contributed by atoms with van der Waals surface area (Å²) in [4.78, 5) is 23.0. The van der Waals surface area contributed by atoms with Crippen molar-refractivity contribution in [2.45, 2.75) is 0 Å². The minimum atomic E-state index is -1.12. The second kappa shape index (κ2) is 8.89. The van der Waals surface area contributed by atoms with Gasteiger partial charge in [-0.2, -0.15) is 5.26 Å². The van der Waals surface area contributed by atoms with Gasteiger partial charge < -0.3 is 19.9 Å². The summed E-state index contributed by atoms with van der Waals surface area (Å²) in [6.07, 6.45) is 1.34. The maximum absolute atomic E-state index is 12.3. The van der Waals surface area contributed by atoms with E-state index in [1.165, 1.54) is 13.2 Å². The number of carbonyl (C=O) groups is 2. The highest BCUT2D eigenvalue weighted by molar-refractivity contribution is 6.09. The van der Waals surface area contributed by atoms with Gasteiger partial charge in [-0.05, 0) is 24.3 Å². The van der Waals surface area contributed by atoms with Crippen molar-refractivity contribution in [3.8, 4) is 17.6 Å². The number of ether oxygens (including phenoxy) is 2. The average Bonchev–Trinajstić information content (AvgIpc) is 2.65. The second-order valence-electron chi connectivity index (χ2n) is 5.08. The van der Waals surface area contributed by atoms with Crippen LogP contribution < -0.4 is 14.8 Å². The van der Waals surface area contributed by atoms with Gasteiger partial charge in [0, 0.05) is 17.3 Å². The van der Waals surface area contributed by atoms with Gasteiger partial charge in [0.2, 0.25) is 0 Å². The molecule has 26 heavy (non-hydrogen) atoms. The fourth-order valence-corrected chi connectivity index (χ4v) is 2.07. The van der Waals surface area contributed by atoms with E-state index in [0.717, 1.165) is 0 Å². The summed E-state index contributed by atoms with van der Waals surface area (Å²) in [6, 6.07) is 15.1.